The van der Waals surface area contributed by atoms with Crippen molar-refractivity contribution in [3.63, 3.8) is 0 Å². The zero-order valence-corrected chi connectivity index (χ0v) is 12.4. The number of ether oxygens (including phenoxy) is 2. The van der Waals surface area contributed by atoms with Crippen molar-refractivity contribution in [3.05, 3.63) is 0 Å². The highest BCUT2D eigenvalue weighted by atomic mass is 32.1. The van der Waals surface area contributed by atoms with Gasteiger partial charge >= 0.3 is 0 Å². The summed E-state index contributed by atoms with van der Waals surface area (Å²) in [6, 6.07) is 0.224. The van der Waals surface area contributed by atoms with E-state index >= 15 is 0 Å². The molecule has 0 saturated carbocycles. The maximum Gasteiger partial charge on any atom is 0.166 e. The van der Waals surface area contributed by atoms with E-state index in [4.69, 9.17) is 21.7 Å². The van der Waals surface area contributed by atoms with E-state index in [1.807, 2.05) is 6.92 Å². The first kappa shape index (κ1) is 16.6. The maximum atomic E-state index is 5.22. The van der Waals surface area contributed by atoms with Crippen LogP contribution in [0, 0.1) is 5.41 Å². The van der Waals surface area contributed by atoms with Gasteiger partial charge in [-0.2, -0.15) is 0 Å². The van der Waals surface area contributed by atoms with Crippen molar-refractivity contribution in [1.29, 1.82) is 0 Å². The molecule has 0 bridgehead atoms. The summed E-state index contributed by atoms with van der Waals surface area (Å²) in [5, 5.41) is 7.08. The minimum Gasteiger partial charge on any atom is -0.385 e. The molecule has 17 heavy (non-hydrogen) atoms. The third-order valence-electron chi connectivity index (χ3n) is 2.50. The molecule has 0 radical (unpaired) electrons. The molecular weight excluding hydrogens is 236 g/mol. The van der Waals surface area contributed by atoms with Gasteiger partial charge in [0.2, 0.25) is 0 Å². The highest BCUT2D eigenvalue weighted by Gasteiger charge is 2.17. The van der Waals surface area contributed by atoms with E-state index in [9.17, 15) is 0 Å². The Balaban J connectivity index is 3.82. The smallest absolute Gasteiger partial charge is 0.166 e. The van der Waals surface area contributed by atoms with Crippen molar-refractivity contribution >= 4 is 17.3 Å². The van der Waals surface area contributed by atoms with Crippen molar-refractivity contribution in [2.24, 2.45) is 5.41 Å². The number of rotatable bonds is 8. The Labute approximate surface area is 110 Å². The quantitative estimate of drug-likeness (QED) is 0.650. The van der Waals surface area contributed by atoms with Gasteiger partial charge in [0.05, 0.1) is 6.61 Å². The molecule has 4 nitrogen and oxygen atoms in total. The van der Waals surface area contributed by atoms with E-state index in [0.29, 0.717) is 11.7 Å². The molecule has 0 spiro atoms. The van der Waals surface area contributed by atoms with E-state index in [2.05, 4.69) is 24.5 Å². The second kappa shape index (κ2) is 8.66. The summed E-state index contributed by atoms with van der Waals surface area (Å²) in [6.07, 6.45) is 1.01. The van der Waals surface area contributed by atoms with Crippen molar-refractivity contribution in [3.8, 4) is 0 Å². The number of thiocarbonyl (C=S) groups is 1. The van der Waals surface area contributed by atoms with Crippen LogP contribution in [0.3, 0.4) is 0 Å². The van der Waals surface area contributed by atoms with Gasteiger partial charge in [0.1, 0.15) is 0 Å². The second-order valence-corrected chi connectivity index (χ2v) is 5.50. The average molecular weight is 262 g/mol. The number of hydrogen-bond acceptors (Lipinski definition) is 3. The molecule has 0 aliphatic heterocycles. The lowest BCUT2D eigenvalue weighted by Crippen LogP contribution is -2.45. The number of methoxy groups -OCH3 is 2. The Morgan fingerprint density at radius 1 is 1.29 bits per heavy atom. The van der Waals surface area contributed by atoms with Crippen LogP contribution in [0.25, 0.3) is 0 Å². The molecule has 0 heterocycles. The van der Waals surface area contributed by atoms with E-state index in [1.54, 1.807) is 14.2 Å². The first-order valence-corrected chi connectivity index (χ1v) is 6.34. The Kier molecular flexibility index (Phi) is 8.47. The molecular formula is C12H26N2O2S. The molecule has 1 atom stereocenters. The lowest BCUT2D eigenvalue weighted by molar-refractivity contribution is 0.153. The predicted molar refractivity (Wildman–Crippen MR) is 75.3 cm³/mol. The van der Waals surface area contributed by atoms with Gasteiger partial charge in [0.15, 0.2) is 5.11 Å². The highest BCUT2D eigenvalue weighted by Crippen LogP contribution is 2.18. The molecule has 0 saturated heterocycles. The summed E-state index contributed by atoms with van der Waals surface area (Å²) in [7, 11) is 3.41. The van der Waals surface area contributed by atoms with Gasteiger partial charge in [-0.3, -0.25) is 0 Å². The zero-order chi connectivity index (χ0) is 13.3. The van der Waals surface area contributed by atoms with Crippen molar-refractivity contribution in [2.45, 2.75) is 33.2 Å². The summed E-state index contributed by atoms with van der Waals surface area (Å²) < 4.78 is 10.1. The molecule has 0 fully saturated rings. The molecule has 0 amide bonds. The minimum atomic E-state index is 0.173. The molecule has 0 aliphatic rings. The minimum absolute atomic E-state index is 0.173. The molecule has 0 aromatic heterocycles. The SMILES string of the molecule is COCCC(C)(C)CNC(=S)NC(C)COC. The van der Waals surface area contributed by atoms with Gasteiger partial charge in [-0.05, 0) is 31.0 Å². The molecule has 0 aromatic rings. The van der Waals surface area contributed by atoms with Crippen molar-refractivity contribution < 1.29 is 9.47 Å². The fraction of sp³-hybridized carbons (Fsp3) is 0.917. The largest absolute Gasteiger partial charge is 0.385 e. The Morgan fingerprint density at radius 3 is 2.47 bits per heavy atom. The lowest BCUT2D eigenvalue weighted by atomic mass is 9.90. The summed E-state index contributed by atoms with van der Waals surface area (Å²) in [6.45, 7) is 8.68. The van der Waals surface area contributed by atoms with Crippen molar-refractivity contribution in [2.75, 3.05) is 34.0 Å². The van der Waals surface area contributed by atoms with Crippen LogP contribution < -0.4 is 10.6 Å². The van der Waals surface area contributed by atoms with Gasteiger partial charge < -0.3 is 20.1 Å². The van der Waals surface area contributed by atoms with Crippen LogP contribution in [-0.4, -0.2) is 45.1 Å². The first-order valence-electron chi connectivity index (χ1n) is 5.93. The topological polar surface area (TPSA) is 42.5 Å². The summed E-state index contributed by atoms with van der Waals surface area (Å²) in [5.41, 5.74) is 0.173. The average Bonchev–Trinajstić information content (AvgIpc) is 2.24. The van der Waals surface area contributed by atoms with E-state index < -0.39 is 0 Å². The zero-order valence-electron chi connectivity index (χ0n) is 11.6. The standard InChI is InChI=1S/C12H26N2O2S/c1-10(8-16-5)14-11(17)13-9-12(2,3)6-7-15-4/h10H,6-9H2,1-5H3,(H2,13,14,17). The van der Waals surface area contributed by atoms with E-state index in [0.717, 1.165) is 19.6 Å². The normalized spacial score (nSPS) is 13.2. The van der Waals surface area contributed by atoms with Crippen LogP contribution in [0.1, 0.15) is 27.2 Å². The summed E-state index contributed by atoms with van der Waals surface area (Å²) in [5.74, 6) is 0. The predicted octanol–water partition coefficient (Wildman–Crippen LogP) is 1.55. The van der Waals surface area contributed by atoms with Crippen molar-refractivity contribution in [1.82, 2.24) is 10.6 Å². The van der Waals surface area contributed by atoms with Gasteiger partial charge in [0, 0.05) is 33.4 Å². The number of nitrogens with one attached hydrogen (secondary N) is 2. The van der Waals surface area contributed by atoms with Crippen LogP contribution in [0.4, 0.5) is 0 Å². The Bertz CT molecular complexity index is 223. The summed E-state index contributed by atoms with van der Waals surface area (Å²) >= 11 is 5.22. The molecule has 102 valence electrons. The third-order valence-corrected chi connectivity index (χ3v) is 2.77. The third kappa shape index (κ3) is 9.32. The number of hydrogen-bond donors (Lipinski definition) is 2. The molecule has 5 heteroatoms. The van der Waals surface area contributed by atoms with Crippen LogP contribution in [0.5, 0.6) is 0 Å². The highest BCUT2D eigenvalue weighted by molar-refractivity contribution is 7.80. The maximum absolute atomic E-state index is 5.22. The fourth-order valence-electron chi connectivity index (χ4n) is 1.35. The molecule has 0 aromatic carbocycles. The van der Waals surface area contributed by atoms with Crippen LogP contribution in [0.15, 0.2) is 0 Å². The Hall–Kier alpha value is -0.390. The lowest BCUT2D eigenvalue weighted by Gasteiger charge is -2.26. The first-order chi connectivity index (χ1) is 7.91. The molecule has 2 N–H and O–H groups in total. The molecule has 0 rings (SSSR count). The van der Waals surface area contributed by atoms with E-state index in [-0.39, 0.29) is 11.5 Å². The van der Waals surface area contributed by atoms with Crippen LogP contribution >= 0.6 is 12.2 Å². The van der Waals surface area contributed by atoms with Gasteiger partial charge in [-0.1, -0.05) is 13.8 Å². The van der Waals surface area contributed by atoms with Crippen LogP contribution in [0.2, 0.25) is 0 Å². The van der Waals surface area contributed by atoms with Gasteiger partial charge in [-0.15, -0.1) is 0 Å². The van der Waals surface area contributed by atoms with Crippen LogP contribution in [-0.2, 0) is 9.47 Å². The fourth-order valence-corrected chi connectivity index (χ4v) is 1.63. The van der Waals surface area contributed by atoms with E-state index in [1.165, 1.54) is 0 Å². The van der Waals surface area contributed by atoms with Gasteiger partial charge in [0.25, 0.3) is 0 Å². The molecule has 0 aliphatic carbocycles. The second-order valence-electron chi connectivity index (χ2n) is 5.09. The van der Waals surface area contributed by atoms with Gasteiger partial charge in [-0.25, -0.2) is 0 Å². The summed E-state index contributed by atoms with van der Waals surface area (Å²) in [4.78, 5) is 0. The Morgan fingerprint density at radius 2 is 1.94 bits per heavy atom. The monoisotopic (exact) mass is 262 g/mol. The molecule has 1 unspecified atom stereocenters.